The van der Waals surface area contributed by atoms with E-state index in [1.807, 2.05) is 77.7 Å². The van der Waals surface area contributed by atoms with E-state index in [0.29, 0.717) is 44.8 Å². The third-order valence-corrected chi connectivity index (χ3v) is 5.60. The van der Waals surface area contributed by atoms with Crippen LogP contribution in [0.1, 0.15) is 15.9 Å². The first-order valence-electron chi connectivity index (χ1n) is 10.7. The first-order valence-corrected chi connectivity index (χ1v) is 10.7. The number of nitrogens with zero attached hydrogens (tertiary/aromatic N) is 2. The lowest BCUT2D eigenvalue weighted by Gasteiger charge is -2.34. The van der Waals surface area contributed by atoms with Gasteiger partial charge in [0.25, 0.3) is 5.91 Å². The molecule has 31 heavy (non-hydrogen) atoms. The lowest BCUT2D eigenvalue weighted by molar-refractivity contribution is -0.122. The van der Waals surface area contributed by atoms with Crippen LogP contribution in [-0.4, -0.2) is 54.3 Å². The largest absolute Gasteiger partial charge is 0.351 e. The normalized spacial score (nSPS) is 14.3. The summed E-state index contributed by atoms with van der Waals surface area (Å²) >= 11 is 0. The van der Waals surface area contributed by atoms with E-state index in [1.165, 1.54) is 0 Å². The molecule has 1 aliphatic rings. The fourth-order valence-corrected chi connectivity index (χ4v) is 3.78. The molecule has 3 aromatic rings. The van der Waals surface area contributed by atoms with Gasteiger partial charge in [0.05, 0.1) is 6.54 Å². The molecule has 1 heterocycles. The number of piperazine rings is 1. The van der Waals surface area contributed by atoms with Crippen molar-refractivity contribution in [3.63, 3.8) is 0 Å². The average molecular weight is 414 g/mol. The summed E-state index contributed by atoms with van der Waals surface area (Å²) in [6, 6.07) is 27.8. The fourth-order valence-electron chi connectivity index (χ4n) is 3.78. The van der Waals surface area contributed by atoms with Crippen molar-refractivity contribution in [3.8, 4) is 11.1 Å². The second-order valence-corrected chi connectivity index (χ2v) is 7.77. The predicted molar refractivity (Wildman–Crippen MR) is 123 cm³/mol. The molecule has 0 aliphatic carbocycles. The van der Waals surface area contributed by atoms with Crippen molar-refractivity contribution in [2.75, 3.05) is 32.7 Å². The Balaban J connectivity index is 1.24. The van der Waals surface area contributed by atoms with Crippen molar-refractivity contribution >= 4 is 11.8 Å². The molecule has 1 fully saturated rings. The number of carbonyl (C=O) groups excluding carboxylic acids is 2. The minimum Gasteiger partial charge on any atom is -0.351 e. The van der Waals surface area contributed by atoms with Crippen molar-refractivity contribution in [3.05, 3.63) is 96.1 Å². The highest BCUT2D eigenvalue weighted by Gasteiger charge is 2.23. The zero-order valence-corrected chi connectivity index (χ0v) is 17.5. The number of amides is 2. The van der Waals surface area contributed by atoms with Crippen LogP contribution in [0.4, 0.5) is 0 Å². The van der Waals surface area contributed by atoms with Crippen LogP contribution in [0.25, 0.3) is 11.1 Å². The number of nitrogens with one attached hydrogen (secondary N) is 1. The standard InChI is InChI=1S/C26H27N3O2/c30-25(27-19-21-7-3-1-4-8-21)20-28-15-17-29(18-16-28)26(31)24-13-11-23(12-14-24)22-9-5-2-6-10-22/h1-14H,15-20H2,(H,27,30). The summed E-state index contributed by atoms with van der Waals surface area (Å²) in [6.07, 6.45) is 0. The van der Waals surface area contributed by atoms with Gasteiger partial charge in [-0.2, -0.15) is 0 Å². The van der Waals surface area contributed by atoms with Crippen LogP contribution in [0, 0.1) is 0 Å². The summed E-state index contributed by atoms with van der Waals surface area (Å²) in [5.74, 6) is 0.0629. The molecule has 0 aromatic heterocycles. The molecule has 1 aliphatic heterocycles. The summed E-state index contributed by atoms with van der Waals surface area (Å²) in [7, 11) is 0. The van der Waals surface area contributed by atoms with Gasteiger partial charge in [-0.25, -0.2) is 0 Å². The van der Waals surface area contributed by atoms with Gasteiger partial charge in [0.2, 0.25) is 5.91 Å². The molecule has 2 amide bonds. The molecule has 0 radical (unpaired) electrons. The van der Waals surface area contributed by atoms with Gasteiger partial charge in [0.15, 0.2) is 0 Å². The summed E-state index contributed by atoms with van der Waals surface area (Å²) in [6.45, 7) is 3.56. The van der Waals surface area contributed by atoms with Crippen molar-refractivity contribution in [2.24, 2.45) is 0 Å². The zero-order chi connectivity index (χ0) is 21.5. The SMILES string of the molecule is O=C(CN1CCN(C(=O)c2ccc(-c3ccccc3)cc2)CC1)NCc1ccccc1. The van der Waals surface area contributed by atoms with Gasteiger partial charge < -0.3 is 10.2 Å². The maximum Gasteiger partial charge on any atom is 0.253 e. The van der Waals surface area contributed by atoms with E-state index in [1.54, 1.807) is 0 Å². The minimum absolute atomic E-state index is 0.0140. The molecular weight excluding hydrogens is 386 g/mol. The maximum atomic E-state index is 12.9. The molecule has 0 spiro atoms. The second kappa shape index (κ2) is 10.0. The lowest BCUT2D eigenvalue weighted by atomic mass is 10.0. The van der Waals surface area contributed by atoms with Crippen molar-refractivity contribution < 1.29 is 9.59 Å². The molecule has 3 aromatic carbocycles. The van der Waals surface area contributed by atoms with Crippen LogP contribution >= 0.6 is 0 Å². The lowest BCUT2D eigenvalue weighted by Crippen LogP contribution is -2.51. The van der Waals surface area contributed by atoms with Gasteiger partial charge in [-0.05, 0) is 28.8 Å². The first kappa shape index (κ1) is 20.8. The highest BCUT2D eigenvalue weighted by atomic mass is 16.2. The van der Waals surface area contributed by atoms with E-state index in [2.05, 4.69) is 22.3 Å². The van der Waals surface area contributed by atoms with Crippen LogP contribution in [-0.2, 0) is 11.3 Å². The van der Waals surface area contributed by atoms with Crippen LogP contribution in [0.5, 0.6) is 0 Å². The van der Waals surface area contributed by atoms with Gasteiger partial charge in [-0.1, -0.05) is 72.8 Å². The number of benzene rings is 3. The van der Waals surface area contributed by atoms with E-state index in [4.69, 9.17) is 0 Å². The van der Waals surface area contributed by atoms with Crippen LogP contribution in [0.2, 0.25) is 0 Å². The van der Waals surface area contributed by atoms with Gasteiger partial charge in [0, 0.05) is 38.3 Å². The monoisotopic (exact) mass is 413 g/mol. The smallest absolute Gasteiger partial charge is 0.253 e. The molecule has 0 bridgehead atoms. The number of hydrogen-bond acceptors (Lipinski definition) is 3. The van der Waals surface area contributed by atoms with Gasteiger partial charge in [-0.3, -0.25) is 14.5 Å². The quantitative estimate of drug-likeness (QED) is 0.674. The highest BCUT2D eigenvalue weighted by molar-refractivity contribution is 5.94. The summed E-state index contributed by atoms with van der Waals surface area (Å²) in [5.41, 5.74) is 4.03. The average Bonchev–Trinajstić information content (AvgIpc) is 2.84. The first-order chi connectivity index (χ1) is 15.2. The molecule has 4 rings (SSSR count). The van der Waals surface area contributed by atoms with E-state index < -0.39 is 0 Å². The summed E-state index contributed by atoms with van der Waals surface area (Å²) < 4.78 is 0. The van der Waals surface area contributed by atoms with Crippen LogP contribution in [0.3, 0.4) is 0 Å². The van der Waals surface area contributed by atoms with Gasteiger partial charge in [-0.15, -0.1) is 0 Å². The predicted octanol–water partition coefficient (Wildman–Crippen LogP) is 3.43. The Hall–Kier alpha value is -3.44. The molecule has 0 atom stereocenters. The van der Waals surface area contributed by atoms with Crippen molar-refractivity contribution in [1.82, 2.24) is 15.1 Å². The minimum atomic E-state index is 0.0140. The highest BCUT2D eigenvalue weighted by Crippen LogP contribution is 2.20. The Morgan fingerprint density at radius 2 is 1.29 bits per heavy atom. The maximum absolute atomic E-state index is 12.9. The second-order valence-electron chi connectivity index (χ2n) is 7.77. The topological polar surface area (TPSA) is 52.7 Å². The Bertz CT molecular complexity index is 996. The van der Waals surface area contributed by atoms with E-state index in [-0.39, 0.29) is 11.8 Å². The van der Waals surface area contributed by atoms with Crippen molar-refractivity contribution in [2.45, 2.75) is 6.54 Å². The molecule has 0 saturated carbocycles. The summed E-state index contributed by atoms with van der Waals surface area (Å²) in [5, 5.41) is 2.96. The molecule has 5 nitrogen and oxygen atoms in total. The van der Waals surface area contributed by atoms with E-state index >= 15 is 0 Å². The molecular formula is C26H27N3O2. The molecule has 158 valence electrons. The summed E-state index contributed by atoms with van der Waals surface area (Å²) in [4.78, 5) is 29.1. The zero-order valence-electron chi connectivity index (χ0n) is 17.5. The van der Waals surface area contributed by atoms with E-state index in [9.17, 15) is 9.59 Å². The Morgan fingerprint density at radius 3 is 1.94 bits per heavy atom. The van der Waals surface area contributed by atoms with E-state index in [0.717, 1.165) is 16.7 Å². The van der Waals surface area contributed by atoms with Gasteiger partial charge >= 0.3 is 0 Å². The molecule has 1 saturated heterocycles. The molecule has 1 N–H and O–H groups in total. The van der Waals surface area contributed by atoms with Crippen molar-refractivity contribution in [1.29, 1.82) is 0 Å². The fraction of sp³-hybridized carbons (Fsp3) is 0.231. The van der Waals surface area contributed by atoms with Crippen LogP contribution in [0.15, 0.2) is 84.9 Å². The Kier molecular flexibility index (Phi) is 6.75. The number of rotatable bonds is 6. The van der Waals surface area contributed by atoms with Crippen LogP contribution < -0.4 is 5.32 Å². The molecule has 5 heteroatoms. The number of carbonyl (C=O) groups is 2. The third-order valence-electron chi connectivity index (χ3n) is 5.60. The number of hydrogen-bond donors (Lipinski definition) is 1. The Labute approximate surface area is 183 Å². The third kappa shape index (κ3) is 5.58. The molecule has 0 unspecified atom stereocenters. The van der Waals surface area contributed by atoms with Gasteiger partial charge in [0.1, 0.15) is 0 Å². The Morgan fingerprint density at radius 1 is 0.710 bits per heavy atom.